The van der Waals surface area contributed by atoms with Crippen LogP contribution in [0.1, 0.15) is 21.5 Å². The minimum Gasteiger partial charge on any atom is -0.465 e. The van der Waals surface area contributed by atoms with E-state index < -0.39 is 15.8 Å². The number of esters is 1. The van der Waals surface area contributed by atoms with Crippen LogP contribution in [0.5, 0.6) is 0 Å². The zero-order valence-corrected chi connectivity index (χ0v) is 14.2. The number of sulfone groups is 1. The highest BCUT2D eigenvalue weighted by Crippen LogP contribution is 2.36. The predicted molar refractivity (Wildman–Crippen MR) is 90.5 cm³/mol. The zero-order chi connectivity index (χ0) is 17.2. The van der Waals surface area contributed by atoms with Gasteiger partial charge in [0.1, 0.15) is 0 Å². The van der Waals surface area contributed by atoms with Crippen molar-refractivity contribution in [3.63, 3.8) is 0 Å². The van der Waals surface area contributed by atoms with Crippen molar-refractivity contribution in [1.29, 1.82) is 0 Å². The number of hydrogen-bond donors (Lipinski definition) is 0. The molecule has 4 nitrogen and oxygen atoms in total. The third kappa shape index (κ3) is 3.46. The van der Waals surface area contributed by atoms with E-state index in [-0.39, 0.29) is 21.0 Å². The molecule has 0 radical (unpaired) electrons. The van der Waals surface area contributed by atoms with Gasteiger partial charge < -0.3 is 4.74 Å². The molecule has 0 bridgehead atoms. The Kier molecular flexibility index (Phi) is 4.92. The van der Waals surface area contributed by atoms with Crippen molar-refractivity contribution in [3.05, 3.63) is 70.8 Å². The van der Waals surface area contributed by atoms with Crippen LogP contribution in [-0.2, 0) is 14.6 Å². The second-order valence-electron chi connectivity index (χ2n) is 4.91. The van der Waals surface area contributed by atoms with Crippen LogP contribution in [0.25, 0.3) is 5.57 Å². The van der Waals surface area contributed by atoms with Crippen LogP contribution in [0.4, 0.5) is 0 Å². The Bertz CT molecular complexity index is 871. The Morgan fingerprint density at radius 3 is 2.26 bits per heavy atom. The quantitative estimate of drug-likeness (QED) is 0.790. The van der Waals surface area contributed by atoms with Gasteiger partial charge in [-0.3, -0.25) is 0 Å². The van der Waals surface area contributed by atoms with Gasteiger partial charge in [-0.05, 0) is 23.3 Å². The van der Waals surface area contributed by atoms with Crippen molar-refractivity contribution in [2.24, 2.45) is 0 Å². The topological polar surface area (TPSA) is 60.4 Å². The number of carbonyl (C=O) groups excluding carboxylic acids is 1. The zero-order valence-electron chi connectivity index (χ0n) is 12.7. The average molecular weight is 351 g/mol. The minimum absolute atomic E-state index is 0.00799. The first-order valence-corrected chi connectivity index (χ1v) is 8.90. The van der Waals surface area contributed by atoms with Gasteiger partial charge >= 0.3 is 5.97 Å². The first kappa shape index (κ1) is 17.2. The molecule has 0 saturated heterocycles. The maximum atomic E-state index is 12.1. The van der Waals surface area contributed by atoms with E-state index in [0.29, 0.717) is 11.1 Å². The number of ether oxygens (including phenoxy) is 1. The molecule has 120 valence electrons. The van der Waals surface area contributed by atoms with E-state index >= 15 is 0 Å². The predicted octanol–water partition coefficient (Wildman–Crippen LogP) is 3.59. The SMILES string of the molecule is C=C(c1ccccc1)c1c(S(C)(=O)=O)ccc(C(=O)OC)c1Cl. The summed E-state index contributed by atoms with van der Waals surface area (Å²) in [6, 6.07) is 11.7. The van der Waals surface area contributed by atoms with Crippen LogP contribution >= 0.6 is 11.6 Å². The fraction of sp³-hybridized carbons (Fsp3) is 0.118. The van der Waals surface area contributed by atoms with E-state index in [1.165, 1.54) is 19.2 Å². The molecule has 0 aromatic heterocycles. The van der Waals surface area contributed by atoms with Gasteiger partial charge in [-0.2, -0.15) is 0 Å². The Labute approximate surface area is 140 Å². The fourth-order valence-corrected chi connectivity index (χ4v) is 3.52. The number of rotatable bonds is 4. The van der Waals surface area contributed by atoms with Crippen LogP contribution in [0.15, 0.2) is 53.9 Å². The Hall–Kier alpha value is -2.11. The molecule has 0 atom stereocenters. The number of carbonyl (C=O) groups is 1. The average Bonchev–Trinajstić information content (AvgIpc) is 2.53. The second kappa shape index (κ2) is 6.56. The molecule has 0 saturated carbocycles. The molecule has 0 amide bonds. The maximum absolute atomic E-state index is 12.1. The van der Waals surface area contributed by atoms with Gasteiger partial charge in [0.05, 0.1) is 22.6 Å². The molecule has 2 aromatic rings. The van der Waals surface area contributed by atoms with Crippen LogP contribution in [0, 0.1) is 0 Å². The van der Waals surface area contributed by atoms with E-state index in [9.17, 15) is 13.2 Å². The van der Waals surface area contributed by atoms with E-state index in [2.05, 4.69) is 11.3 Å². The summed E-state index contributed by atoms with van der Waals surface area (Å²) in [5.41, 5.74) is 1.43. The molecular formula is C17H15ClO4S. The van der Waals surface area contributed by atoms with E-state index in [0.717, 1.165) is 6.26 Å². The molecule has 2 aromatic carbocycles. The van der Waals surface area contributed by atoms with Crippen molar-refractivity contribution in [2.45, 2.75) is 4.90 Å². The third-order valence-electron chi connectivity index (χ3n) is 3.33. The van der Waals surface area contributed by atoms with Crippen molar-refractivity contribution < 1.29 is 17.9 Å². The van der Waals surface area contributed by atoms with Gasteiger partial charge in [0.2, 0.25) is 0 Å². The van der Waals surface area contributed by atoms with Gasteiger partial charge in [0, 0.05) is 11.8 Å². The fourth-order valence-electron chi connectivity index (χ4n) is 2.20. The summed E-state index contributed by atoms with van der Waals surface area (Å²) in [5, 5.41) is 0.00799. The van der Waals surface area contributed by atoms with Gasteiger partial charge in [-0.1, -0.05) is 48.5 Å². The molecule has 0 aliphatic carbocycles. The smallest absolute Gasteiger partial charge is 0.339 e. The molecule has 2 rings (SSSR count). The van der Waals surface area contributed by atoms with Crippen molar-refractivity contribution in [3.8, 4) is 0 Å². The lowest BCUT2D eigenvalue weighted by Gasteiger charge is -2.15. The molecule has 0 fully saturated rings. The first-order valence-electron chi connectivity index (χ1n) is 6.63. The normalized spacial score (nSPS) is 11.1. The standard InChI is InChI=1S/C17H15ClO4S/c1-11(12-7-5-4-6-8-12)15-14(23(3,20)21)10-9-13(16(15)18)17(19)22-2/h4-10H,1H2,2-3H3. The Morgan fingerprint density at radius 2 is 1.74 bits per heavy atom. The van der Waals surface area contributed by atoms with E-state index in [1.807, 2.05) is 6.07 Å². The number of halogens is 1. The first-order chi connectivity index (χ1) is 10.8. The lowest BCUT2D eigenvalue weighted by atomic mass is 9.97. The van der Waals surface area contributed by atoms with Crippen LogP contribution < -0.4 is 0 Å². The van der Waals surface area contributed by atoms with Gasteiger partial charge in [-0.25, -0.2) is 13.2 Å². The summed E-state index contributed by atoms with van der Waals surface area (Å²) >= 11 is 6.31. The van der Waals surface area contributed by atoms with Gasteiger partial charge in [0.25, 0.3) is 0 Å². The highest BCUT2D eigenvalue weighted by molar-refractivity contribution is 7.90. The molecule has 0 aliphatic rings. The summed E-state index contributed by atoms with van der Waals surface area (Å²) in [6.07, 6.45) is 1.08. The summed E-state index contributed by atoms with van der Waals surface area (Å²) in [7, 11) is -2.32. The lowest BCUT2D eigenvalue weighted by molar-refractivity contribution is 0.0601. The largest absolute Gasteiger partial charge is 0.465 e. The number of benzene rings is 2. The molecule has 6 heteroatoms. The number of methoxy groups -OCH3 is 1. The second-order valence-corrected chi connectivity index (χ2v) is 7.27. The molecule has 0 spiro atoms. The minimum atomic E-state index is -3.56. The van der Waals surface area contributed by atoms with Crippen molar-refractivity contribution in [2.75, 3.05) is 13.4 Å². The third-order valence-corrected chi connectivity index (χ3v) is 4.86. The van der Waals surface area contributed by atoms with Crippen molar-refractivity contribution >= 4 is 33.0 Å². The highest BCUT2D eigenvalue weighted by atomic mass is 35.5. The summed E-state index contributed by atoms with van der Waals surface area (Å²) in [4.78, 5) is 11.8. The summed E-state index contributed by atoms with van der Waals surface area (Å²) < 4.78 is 28.8. The van der Waals surface area contributed by atoms with Crippen LogP contribution in [-0.4, -0.2) is 27.8 Å². The van der Waals surface area contributed by atoms with Crippen molar-refractivity contribution in [1.82, 2.24) is 0 Å². The number of hydrogen-bond acceptors (Lipinski definition) is 4. The van der Waals surface area contributed by atoms with Crippen LogP contribution in [0.3, 0.4) is 0 Å². The van der Waals surface area contributed by atoms with Gasteiger partial charge in [-0.15, -0.1) is 0 Å². The van der Waals surface area contributed by atoms with E-state index in [4.69, 9.17) is 11.6 Å². The maximum Gasteiger partial charge on any atom is 0.339 e. The monoisotopic (exact) mass is 350 g/mol. The molecular weight excluding hydrogens is 336 g/mol. The molecule has 0 aliphatic heterocycles. The highest BCUT2D eigenvalue weighted by Gasteiger charge is 2.24. The molecule has 0 N–H and O–H groups in total. The Morgan fingerprint density at radius 1 is 1.13 bits per heavy atom. The Balaban J connectivity index is 2.77. The van der Waals surface area contributed by atoms with Gasteiger partial charge in [0.15, 0.2) is 9.84 Å². The molecule has 0 unspecified atom stereocenters. The van der Waals surface area contributed by atoms with Crippen LogP contribution in [0.2, 0.25) is 5.02 Å². The summed E-state index contributed by atoms with van der Waals surface area (Å²) in [5.74, 6) is -0.642. The molecule has 0 heterocycles. The molecule has 23 heavy (non-hydrogen) atoms. The summed E-state index contributed by atoms with van der Waals surface area (Å²) in [6.45, 7) is 3.96. The van der Waals surface area contributed by atoms with E-state index in [1.54, 1.807) is 24.3 Å². The lowest BCUT2D eigenvalue weighted by Crippen LogP contribution is -2.09.